The van der Waals surface area contributed by atoms with E-state index in [1.165, 1.54) is 0 Å². The summed E-state index contributed by atoms with van der Waals surface area (Å²) in [6.45, 7) is 3.78. The van der Waals surface area contributed by atoms with E-state index < -0.39 is 10.0 Å². The third-order valence-corrected chi connectivity index (χ3v) is 4.86. The number of sulfonamides is 1. The molecule has 0 radical (unpaired) electrons. The Morgan fingerprint density at radius 1 is 1.00 bits per heavy atom. The molecule has 5 heteroatoms. The van der Waals surface area contributed by atoms with Gasteiger partial charge in [0.1, 0.15) is 0 Å². The third kappa shape index (κ3) is 4.24. The van der Waals surface area contributed by atoms with E-state index in [0.717, 1.165) is 11.4 Å². The van der Waals surface area contributed by atoms with Crippen LogP contribution in [0, 0.1) is 5.92 Å². The van der Waals surface area contributed by atoms with E-state index in [1.807, 2.05) is 74.3 Å². The van der Waals surface area contributed by atoms with Crippen LogP contribution in [0.3, 0.4) is 0 Å². The van der Waals surface area contributed by atoms with E-state index in [0.29, 0.717) is 5.69 Å². The Morgan fingerprint density at radius 3 is 2.23 bits per heavy atom. The molecule has 0 aliphatic heterocycles. The molecule has 4 nitrogen and oxygen atoms in total. The summed E-state index contributed by atoms with van der Waals surface area (Å²) in [5, 5.41) is 0. The van der Waals surface area contributed by atoms with Gasteiger partial charge in [0.25, 0.3) is 0 Å². The Bertz CT molecular complexity index is 712. The molecule has 0 aliphatic carbocycles. The molecular weight excluding hydrogens is 296 g/mol. The van der Waals surface area contributed by atoms with E-state index in [-0.39, 0.29) is 11.7 Å². The van der Waals surface area contributed by atoms with Crippen molar-refractivity contribution in [3.05, 3.63) is 54.6 Å². The molecule has 22 heavy (non-hydrogen) atoms. The van der Waals surface area contributed by atoms with Crippen LogP contribution in [0.2, 0.25) is 0 Å². The molecule has 0 fully saturated rings. The fraction of sp³-hybridized carbons (Fsp3) is 0.294. The number of benzene rings is 2. The normalized spacial score (nSPS) is 11.5. The lowest BCUT2D eigenvalue weighted by molar-refractivity contribution is 0.587. The first kappa shape index (κ1) is 16.4. The molecule has 0 spiro atoms. The minimum absolute atomic E-state index is 0.0801. The van der Waals surface area contributed by atoms with E-state index >= 15 is 0 Å². The molecule has 0 saturated heterocycles. The number of anilines is 3. The van der Waals surface area contributed by atoms with Gasteiger partial charge in [-0.25, -0.2) is 8.42 Å². The standard InChI is InChI=1S/C17H22N2O2S/c1-14(2)13-22(20,21)18-16-11-7-8-12-17(16)19(3)15-9-5-4-6-10-15/h4-12,14,18H,13H2,1-3H3. The predicted octanol–water partition coefficient (Wildman–Crippen LogP) is 3.85. The van der Waals surface area contributed by atoms with Crippen LogP contribution in [0.15, 0.2) is 54.6 Å². The zero-order valence-corrected chi connectivity index (χ0v) is 14.0. The van der Waals surface area contributed by atoms with Gasteiger partial charge >= 0.3 is 0 Å². The maximum atomic E-state index is 12.2. The van der Waals surface area contributed by atoms with Gasteiger partial charge in [0.15, 0.2) is 0 Å². The minimum atomic E-state index is -3.35. The van der Waals surface area contributed by atoms with Crippen LogP contribution in [-0.2, 0) is 10.0 Å². The van der Waals surface area contributed by atoms with Crippen molar-refractivity contribution in [1.29, 1.82) is 0 Å². The molecule has 0 aliphatic rings. The van der Waals surface area contributed by atoms with E-state index in [2.05, 4.69) is 4.72 Å². The highest BCUT2D eigenvalue weighted by molar-refractivity contribution is 7.92. The highest BCUT2D eigenvalue weighted by Crippen LogP contribution is 2.31. The van der Waals surface area contributed by atoms with Gasteiger partial charge in [-0.2, -0.15) is 0 Å². The number of para-hydroxylation sites is 3. The molecule has 0 unspecified atom stereocenters. The maximum Gasteiger partial charge on any atom is 0.233 e. The summed E-state index contributed by atoms with van der Waals surface area (Å²) in [4.78, 5) is 1.97. The third-order valence-electron chi connectivity index (χ3n) is 3.23. The maximum absolute atomic E-state index is 12.2. The molecule has 2 aromatic rings. The van der Waals surface area contributed by atoms with Crippen LogP contribution in [0.25, 0.3) is 0 Å². The highest BCUT2D eigenvalue weighted by atomic mass is 32.2. The lowest BCUT2D eigenvalue weighted by Crippen LogP contribution is -2.21. The van der Waals surface area contributed by atoms with Crippen LogP contribution in [-0.4, -0.2) is 21.2 Å². The fourth-order valence-electron chi connectivity index (χ4n) is 2.29. The van der Waals surface area contributed by atoms with Gasteiger partial charge in [-0.3, -0.25) is 4.72 Å². The molecule has 118 valence electrons. The Hall–Kier alpha value is -2.01. The number of hydrogen-bond donors (Lipinski definition) is 1. The largest absolute Gasteiger partial charge is 0.343 e. The van der Waals surface area contributed by atoms with Crippen molar-refractivity contribution in [3.8, 4) is 0 Å². The molecule has 0 amide bonds. The van der Waals surface area contributed by atoms with Crippen LogP contribution >= 0.6 is 0 Å². The number of nitrogens with zero attached hydrogens (tertiary/aromatic N) is 1. The van der Waals surface area contributed by atoms with Crippen LogP contribution < -0.4 is 9.62 Å². The van der Waals surface area contributed by atoms with Crippen molar-refractivity contribution < 1.29 is 8.42 Å². The van der Waals surface area contributed by atoms with Crippen molar-refractivity contribution in [2.75, 3.05) is 22.4 Å². The lowest BCUT2D eigenvalue weighted by atomic mass is 10.2. The van der Waals surface area contributed by atoms with Gasteiger partial charge in [0, 0.05) is 12.7 Å². The van der Waals surface area contributed by atoms with Gasteiger partial charge in [-0.15, -0.1) is 0 Å². The quantitative estimate of drug-likeness (QED) is 0.880. The molecule has 2 rings (SSSR count). The van der Waals surface area contributed by atoms with E-state index in [1.54, 1.807) is 6.07 Å². The van der Waals surface area contributed by atoms with Crippen molar-refractivity contribution in [3.63, 3.8) is 0 Å². The van der Waals surface area contributed by atoms with E-state index in [9.17, 15) is 8.42 Å². The summed E-state index contributed by atoms with van der Waals surface area (Å²) in [5.74, 6) is 0.188. The molecule has 0 atom stereocenters. The summed E-state index contributed by atoms with van der Waals surface area (Å²) >= 11 is 0. The SMILES string of the molecule is CC(C)CS(=O)(=O)Nc1ccccc1N(C)c1ccccc1. The van der Waals surface area contributed by atoms with Gasteiger partial charge < -0.3 is 4.90 Å². The van der Waals surface area contributed by atoms with Gasteiger partial charge in [0.05, 0.1) is 17.1 Å². The van der Waals surface area contributed by atoms with Crippen molar-refractivity contribution in [2.24, 2.45) is 5.92 Å². The minimum Gasteiger partial charge on any atom is -0.343 e. The summed E-state index contributed by atoms with van der Waals surface area (Å²) in [7, 11) is -1.43. The predicted molar refractivity (Wildman–Crippen MR) is 93.2 cm³/mol. The first-order valence-electron chi connectivity index (χ1n) is 7.27. The molecule has 0 bridgehead atoms. The Kier molecular flexibility index (Phi) is 5.08. The summed E-state index contributed by atoms with van der Waals surface area (Å²) in [5.41, 5.74) is 2.41. The van der Waals surface area contributed by atoms with Crippen LogP contribution in [0.4, 0.5) is 17.1 Å². The van der Waals surface area contributed by atoms with Crippen LogP contribution in [0.1, 0.15) is 13.8 Å². The molecule has 0 saturated carbocycles. The Balaban J connectivity index is 2.31. The van der Waals surface area contributed by atoms with E-state index in [4.69, 9.17) is 0 Å². The first-order valence-corrected chi connectivity index (χ1v) is 8.92. The smallest absolute Gasteiger partial charge is 0.233 e. The number of rotatable bonds is 6. The highest BCUT2D eigenvalue weighted by Gasteiger charge is 2.16. The van der Waals surface area contributed by atoms with Crippen molar-refractivity contribution >= 4 is 27.1 Å². The topological polar surface area (TPSA) is 49.4 Å². The van der Waals surface area contributed by atoms with Crippen molar-refractivity contribution in [2.45, 2.75) is 13.8 Å². The van der Waals surface area contributed by atoms with Crippen molar-refractivity contribution in [1.82, 2.24) is 0 Å². The zero-order chi connectivity index (χ0) is 16.2. The average molecular weight is 318 g/mol. The second-order valence-corrected chi connectivity index (χ2v) is 7.46. The lowest BCUT2D eigenvalue weighted by Gasteiger charge is -2.23. The second-order valence-electron chi connectivity index (χ2n) is 5.69. The number of nitrogens with one attached hydrogen (secondary N) is 1. The van der Waals surface area contributed by atoms with Gasteiger partial charge in [-0.05, 0) is 30.2 Å². The Morgan fingerprint density at radius 2 is 1.59 bits per heavy atom. The second kappa shape index (κ2) is 6.83. The molecule has 0 heterocycles. The van der Waals surface area contributed by atoms with Gasteiger partial charge in [-0.1, -0.05) is 44.2 Å². The van der Waals surface area contributed by atoms with Gasteiger partial charge in [0.2, 0.25) is 10.0 Å². The zero-order valence-electron chi connectivity index (χ0n) is 13.2. The summed E-state index contributed by atoms with van der Waals surface area (Å²) in [6.07, 6.45) is 0. The Labute approximate surface area is 132 Å². The number of hydrogen-bond acceptors (Lipinski definition) is 3. The summed E-state index contributed by atoms with van der Waals surface area (Å²) in [6, 6.07) is 17.2. The summed E-state index contributed by atoms with van der Waals surface area (Å²) < 4.78 is 27.1. The molecule has 2 aromatic carbocycles. The average Bonchev–Trinajstić information content (AvgIpc) is 2.46. The fourth-order valence-corrected chi connectivity index (χ4v) is 3.76. The molecular formula is C17H22N2O2S. The molecule has 1 N–H and O–H groups in total. The first-order chi connectivity index (χ1) is 10.4. The monoisotopic (exact) mass is 318 g/mol. The van der Waals surface area contributed by atoms with Crippen LogP contribution in [0.5, 0.6) is 0 Å². The molecule has 0 aromatic heterocycles.